The smallest absolute Gasteiger partial charge is 0.291 e. The zero-order valence-electron chi connectivity index (χ0n) is 31.6. The summed E-state index contributed by atoms with van der Waals surface area (Å²) < 4.78 is 0. The van der Waals surface area contributed by atoms with E-state index in [2.05, 4.69) is 39.8 Å². The monoisotopic (exact) mass is 977 g/mol. The molecule has 15 nitrogen and oxygen atoms in total. The largest absolute Gasteiger partial charge is 0.507 e. The van der Waals surface area contributed by atoms with Gasteiger partial charge < -0.3 is 20.5 Å². The van der Waals surface area contributed by atoms with Crippen LogP contribution >= 0.6 is 0 Å². The second-order valence-electron chi connectivity index (χ2n) is 13.0. The first-order valence-electron chi connectivity index (χ1n) is 17.8. The zero-order chi connectivity index (χ0) is 38.9. The van der Waals surface area contributed by atoms with Crippen molar-refractivity contribution in [1.29, 1.82) is 0 Å². The third-order valence-corrected chi connectivity index (χ3v) is 8.59. The van der Waals surface area contributed by atoms with Crippen molar-refractivity contribution in [1.82, 2.24) is 9.80 Å². The first-order valence-corrected chi connectivity index (χ1v) is 17.8. The van der Waals surface area contributed by atoms with E-state index in [-0.39, 0.29) is 71.2 Å². The molecule has 3 aliphatic heterocycles. The first kappa shape index (κ1) is 48.1. The first-order chi connectivity index (χ1) is 26.0. The van der Waals surface area contributed by atoms with Gasteiger partial charge in [0, 0.05) is 164 Å². The molecule has 0 fully saturated rings. The maximum absolute atomic E-state index is 11.0. The predicted octanol–water partition coefficient (Wildman–Crippen LogP) is 3.92. The molecule has 6 rings (SSSR count). The Morgan fingerprint density at radius 3 is 0.804 bits per heavy atom. The van der Waals surface area contributed by atoms with E-state index < -0.39 is 5.09 Å². The molecule has 3 aromatic rings. The van der Waals surface area contributed by atoms with Crippen LogP contribution in [-0.2, 0) is 17.1 Å². The Morgan fingerprint density at radius 2 is 0.643 bits per heavy atom. The number of rotatable bonds is 0. The Morgan fingerprint density at radius 1 is 0.482 bits per heavy atom. The molecule has 3 aliphatic rings. The molecule has 0 amide bonds. The molecule has 0 unspecified atom stereocenters. The van der Waals surface area contributed by atoms with Crippen LogP contribution in [-0.4, -0.2) is 151 Å². The maximum Gasteiger partial charge on any atom is 0.291 e. The van der Waals surface area contributed by atoms with Gasteiger partial charge in [-0.25, -0.2) is 0 Å². The van der Waals surface area contributed by atoms with Crippen molar-refractivity contribution in [3.63, 3.8) is 0 Å². The van der Waals surface area contributed by atoms with Gasteiger partial charge in [-0.1, -0.05) is 0 Å². The minimum absolute atomic E-state index is 0. The number of hydrogen-bond donors (Lipinski definition) is 4. The minimum Gasteiger partial charge on any atom is -0.507 e. The minimum atomic E-state index is -1.50. The Labute approximate surface area is 367 Å². The van der Waals surface area contributed by atoms with Crippen LogP contribution in [0.1, 0.15) is 50.1 Å². The predicted molar refractivity (Wildman–Crippen MR) is 215 cm³/mol. The Hall–Kier alpha value is -4.05. The average molecular weight is 978 g/mol. The van der Waals surface area contributed by atoms with Crippen molar-refractivity contribution in [2.45, 2.75) is 20.8 Å². The van der Waals surface area contributed by atoms with E-state index in [0.717, 1.165) is 16.7 Å². The van der Waals surface area contributed by atoms with E-state index in [4.69, 9.17) is 15.3 Å². The molecule has 56 heavy (non-hydrogen) atoms. The standard InChI is InChI=1S/C39H48N8O3.Cu.Lu.HNO3/c1-28-16-31-22-40-4-10-46-12-6-42-24-33-18-29(2)19-34(38(33)49)25-43-7-13-47(11-5-41-23-32(17-28)37(31)48)15-9-45-27-36-21-30(3)20-35(39(36)50)26-44-8-14-46;;;2-1(3)4/h16-27,48-50H,4-15H2,1-3H3;;;(H,2,3,4). The molecular weight excluding hydrogens is 929 g/mol. The van der Waals surface area contributed by atoms with Gasteiger partial charge in [-0.05, 0) is 73.9 Å². The third-order valence-electron chi connectivity index (χ3n) is 8.59. The molecule has 3 heterocycles. The van der Waals surface area contributed by atoms with Gasteiger partial charge in [0.15, 0.2) is 0 Å². The third kappa shape index (κ3) is 16.2. The Kier molecular flexibility index (Phi) is 21.7. The van der Waals surface area contributed by atoms with Gasteiger partial charge in [-0.2, -0.15) is 0 Å². The van der Waals surface area contributed by atoms with Crippen LogP contribution in [0.3, 0.4) is 0 Å². The number of phenolic OH excluding ortho intramolecular Hbond substituents is 3. The van der Waals surface area contributed by atoms with Crippen LogP contribution in [0.25, 0.3) is 0 Å². The summed E-state index contributed by atoms with van der Waals surface area (Å²) >= 11 is 0. The van der Waals surface area contributed by atoms with Gasteiger partial charge in [0.05, 0.1) is 39.3 Å². The number of aromatic hydroxyl groups is 3. The molecule has 8 bridgehead atoms. The number of fused-ring (bicyclic) bond motifs is 12. The second kappa shape index (κ2) is 25.3. The van der Waals surface area contributed by atoms with Crippen molar-refractivity contribution >= 4 is 37.3 Å². The number of aliphatic imine (C=N–C) groups is 6. The fourth-order valence-corrected chi connectivity index (χ4v) is 5.94. The molecule has 0 atom stereocenters. The Balaban J connectivity index is 0.00000172. The molecule has 0 saturated heterocycles. The SMILES string of the molecule is Cc1cc2c(O)c(c1)C=NCCN1CCN=Cc3cc(C)cc(c3O)C=NCCN(CCN=C2)CCN=Cc2cc(C)cc(c2O)C=NCC1.O=[N+]([O-])O.[Cu].[Lu]. The molecule has 0 aromatic heterocycles. The molecule has 4 N–H and O–H groups in total. The van der Waals surface area contributed by atoms with E-state index in [0.29, 0.717) is 112 Å². The van der Waals surface area contributed by atoms with Gasteiger partial charge >= 0.3 is 0 Å². The van der Waals surface area contributed by atoms with Gasteiger partial charge in [-0.3, -0.25) is 39.8 Å². The molecule has 0 spiro atoms. The zero-order valence-corrected chi connectivity index (χ0v) is 34.2. The summed E-state index contributed by atoms with van der Waals surface area (Å²) in [5.41, 5.74) is 6.98. The van der Waals surface area contributed by atoms with Crippen LogP contribution in [0, 0.1) is 67.8 Å². The van der Waals surface area contributed by atoms with Crippen molar-refractivity contribution < 1.29 is 79.6 Å². The van der Waals surface area contributed by atoms with Crippen LogP contribution in [0.2, 0.25) is 0 Å². The fraction of sp³-hybridized carbons (Fsp3) is 0.385. The molecule has 3 aromatic carbocycles. The van der Waals surface area contributed by atoms with E-state index in [1.165, 1.54) is 0 Å². The summed E-state index contributed by atoms with van der Waals surface area (Å²) in [6.07, 6.45) is 10.4. The maximum atomic E-state index is 11.0. The van der Waals surface area contributed by atoms with E-state index in [9.17, 15) is 15.3 Å². The second-order valence-corrected chi connectivity index (χ2v) is 13.0. The summed E-state index contributed by atoms with van der Waals surface area (Å²) in [6, 6.07) is 11.5. The summed E-state index contributed by atoms with van der Waals surface area (Å²) in [5.74, 6) is 0.490. The van der Waals surface area contributed by atoms with Crippen LogP contribution < -0.4 is 0 Å². The van der Waals surface area contributed by atoms with Crippen LogP contribution in [0.5, 0.6) is 17.2 Å². The fourth-order valence-electron chi connectivity index (χ4n) is 5.94. The van der Waals surface area contributed by atoms with Gasteiger partial charge in [0.1, 0.15) is 17.2 Å². The normalized spacial score (nSPS) is 17.8. The van der Waals surface area contributed by atoms with Crippen LogP contribution in [0.15, 0.2) is 66.4 Å². The number of benzene rings is 3. The Bertz CT molecular complexity index is 1610. The van der Waals surface area contributed by atoms with Gasteiger partial charge in [-0.15, -0.1) is 10.1 Å². The number of hydrogen-bond acceptors (Lipinski definition) is 13. The molecule has 17 heteroatoms. The molecule has 312 valence electrons. The molecule has 2 radical (unpaired) electrons. The van der Waals surface area contributed by atoms with Gasteiger partial charge in [0.2, 0.25) is 0 Å². The summed E-state index contributed by atoms with van der Waals surface area (Å²) in [5, 5.41) is 46.8. The number of aryl methyl sites for hydroxylation is 3. The summed E-state index contributed by atoms with van der Waals surface area (Å²) in [6.45, 7) is 13.0. The van der Waals surface area contributed by atoms with Crippen molar-refractivity contribution in [2.24, 2.45) is 30.0 Å². The molecule has 0 aliphatic carbocycles. The van der Waals surface area contributed by atoms with Crippen molar-refractivity contribution in [2.75, 3.05) is 78.5 Å². The topological polar surface area (TPSA) is 205 Å². The molecule has 0 saturated carbocycles. The number of phenols is 3. The van der Waals surface area contributed by atoms with E-state index in [1.54, 1.807) is 37.3 Å². The number of nitrogens with zero attached hydrogens (tertiary/aromatic N) is 9. The van der Waals surface area contributed by atoms with E-state index >= 15 is 0 Å². The summed E-state index contributed by atoms with van der Waals surface area (Å²) in [7, 11) is 0. The summed E-state index contributed by atoms with van der Waals surface area (Å²) in [4.78, 5) is 40.8. The van der Waals surface area contributed by atoms with Crippen molar-refractivity contribution in [3.05, 3.63) is 96.6 Å². The van der Waals surface area contributed by atoms with Crippen molar-refractivity contribution in [3.8, 4) is 17.2 Å². The van der Waals surface area contributed by atoms with E-state index in [1.807, 2.05) is 57.2 Å². The molecular formula is C39H49CuLuN9O6. The average Bonchev–Trinajstić information content (AvgIpc) is 3.11. The van der Waals surface area contributed by atoms with Gasteiger partial charge in [0.25, 0.3) is 5.09 Å². The quantitative estimate of drug-likeness (QED) is 0.147. The van der Waals surface area contributed by atoms with Crippen LogP contribution in [0.4, 0.5) is 0 Å².